The predicted octanol–water partition coefficient (Wildman–Crippen LogP) is 0.699. The molecule has 0 aromatic rings. The van der Waals surface area contributed by atoms with Gasteiger partial charge in [0.25, 0.3) is 0 Å². The molecule has 0 bridgehead atoms. The van der Waals surface area contributed by atoms with E-state index < -0.39 is 11.9 Å². The number of esters is 2. The highest BCUT2D eigenvalue weighted by Gasteiger charge is 2.20. The Bertz CT molecular complexity index is 271. The van der Waals surface area contributed by atoms with Crippen molar-refractivity contribution in [3.05, 3.63) is 12.2 Å². The maximum Gasteiger partial charge on any atom is 0.345 e. The third kappa shape index (κ3) is 6.36. The van der Waals surface area contributed by atoms with Crippen molar-refractivity contribution in [1.82, 2.24) is 0 Å². The quantitative estimate of drug-likeness (QED) is 0.277. The average molecular weight is 260 g/mol. The van der Waals surface area contributed by atoms with E-state index in [0.717, 1.165) is 0 Å². The van der Waals surface area contributed by atoms with E-state index in [2.05, 4.69) is 6.58 Å². The van der Waals surface area contributed by atoms with E-state index in [1.807, 2.05) is 0 Å². The molecule has 2 unspecified atom stereocenters. The van der Waals surface area contributed by atoms with Gasteiger partial charge in [-0.25, -0.2) is 9.59 Å². The van der Waals surface area contributed by atoms with Crippen LogP contribution < -0.4 is 0 Å². The van der Waals surface area contributed by atoms with Crippen LogP contribution in [0.2, 0.25) is 0 Å². The third-order valence-electron chi connectivity index (χ3n) is 2.20. The van der Waals surface area contributed by atoms with Crippen LogP contribution in [0.25, 0.3) is 0 Å². The lowest BCUT2D eigenvalue weighted by atomic mass is 10.3. The Labute approximate surface area is 107 Å². The molecular formula is C12H20O6. The molecule has 0 aromatic heterocycles. The SMILES string of the molecule is C=C(C(=O)OCC(C)OC)C(=O)OCC(C)OC. The van der Waals surface area contributed by atoms with E-state index >= 15 is 0 Å². The largest absolute Gasteiger partial charge is 0.459 e. The molecule has 104 valence electrons. The number of carbonyl (C=O) groups is 2. The minimum Gasteiger partial charge on any atom is -0.459 e. The van der Waals surface area contributed by atoms with Crippen LogP contribution >= 0.6 is 0 Å². The lowest BCUT2D eigenvalue weighted by Gasteiger charge is -2.12. The number of rotatable bonds is 8. The third-order valence-corrected chi connectivity index (χ3v) is 2.20. The van der Waals surface area contributed by atoms with E-state index in [0.29, 0.717) is 0 Å². The molecule has 0 aliphatic carbocycles. The van der Waals surface area contributed by atoms with Crippen LogP contribution in [0.5, 0.6) is 0 Å². The van der Waals surface area contributed by atoms with E-state index in [1.54, 1.807) is 13.8 Å². The van der Waals surface area contributed by atoms with Crippen LogP contribution in [0.4, 0.5) is 0 Å². The average Bonchev–Trinajstić information content (AvgIpc) is 2.39. The summed E-state index contributed by atoms with van der Waals surface area (Å²) in [7, 11) is 2.99. The molecule has 0 N–H and O–H groups in total. The molecule has 0 amide bonds. The summed E-state index contributed by atoms with van der Waals surface area (Å²) in [5, 5.41) is 0. The molecule has 2 atom stereocenters. The first kappa shape index (κ1) is 16.6. The van der Waals surface area contributed by atoms with Crippen LogP contribution in [-0.2, 0) is 28.5 Å². The van der Waals surface area contributed by atoms with Gasteiger partial charge in [-0.2, -0.15) is 0 Å². The van der Waals surface area contributed by atoms with Crippen LogP contribution in [0.1, 0.15) is 13.8 Å². The molecular weight excluding hydrogens is 240 g/mol. The first-order chi connectivity index (χ1) is 8.42. The Morgan fingerprint density at radius 3 is 1.56 bits per heavy atom. The van der Waals surface area contributed by atoms with Crippen LogP contribution in [0, 0.1) is 0 Å². The standard InChI is InChI=1S/C12H20O6/c1-8(15-4)6-17-11(13)10(3)12(14)18-7-9(2)16-5/h8-9H,3,6-7H2,1-2,4-5H3. The van der Waals surface area contributed by atoms with E-state index in [4.69, 9.17) is 18.9 Å². The number of ether oxygens (including phenoxy) is 4. The molecule has 0 heterocycles. The highest BCUT2D eigenvalue weighted by Crippen LogP contribution is 2.01. The van der Waals surface area contributed by atoms with Gasteiger partial charge in [0.2, 0.25) is 0 Å². The van der Waals surface area contributed by atoms with Crippen molar-refractivity contribution < 1.29 is 28.5 Å². The Kier molecular flexibility index (Phi) is 7.98. The lowest BCUT2D eigenvalue weighted by Crippen LogP contribution is -2.24. The summed E-state index contributed by atoms with van der Waals surface area (Å²) >= 11 is 0. The maximum atomic E-state index is 11.4. The van der Waals surface area contributed by atoms with E-state index in [1.165, 1.54) is 14.2 Å². The highest BCUT2D eigenvalue weighted by atomic mass is 16.6. The summed E-state index contributed by atoms with van der Waals surface area (Å²) in [6.45, 7) is 6.90. The van der Waals surface area contributed by atoms with Gasteiger partial charge < -0.3 is 18.9 Å². The summed E-state index contributed by atoms with van der Waals surface area (Å²) in [6, 6.07) is 0. The van der Waals surface area contributed by atoms with Crippen molar-refractivity contribution in [1.29, 1.82) is 0 Å². The summed E-state index contributed by atoms with van der Waals surface area (Å²) in [5.41, 5.74) is -0.346. The zero-order valence-electron chi connectivity index (χ0n) is 11.2. The Morgan fingerprint density at radius 2 is 1.28 bits per heavy atom. The van der Waals surface area contributed by atoms with Gasteiger partial charge in [-0.3, -0.25) is 0 Å². The Morgan fingerprint density at radius 1 is 0.944 bits per heavy atom. The van der Waals surface area contributed by atoms with Gasteiger partial charge in [0, 0.05) is 14.2 Å². The van der Waals surface area contributed by atoms with E-state index in [9.17, 15) is 9.59 Å². The van der Waals surface area contributed by atoms with Gasteiger partial charge in [0.1, 0.15) is 18.8 Å². The number of methoxy groups -OCH3 is 2. The molecule has 0 aliphatic rings. The van der Waals surface area contributed by atoms with Gasteiger partial charge in [0.15, 0.2) is 0 Å². The normalized spacial score (nSPS) is 13.6. The minimum atomic E-state index is -0.811. The molecule has 0 radical (unpaired) electrons. The fraction of sp³-hybridized carbons (Fsp3) is 0.667. The molecule has 0 aliphatic heterocycles. The van der Waals surface area contributed by atoms with Crippen molar-refractivity contribution in [2.45, 2.75) is 26.1 Å². The molecule has 0 aromatic carbocycles. The summed E-state index contributed by atoms with van der Waals surface area (Å²) in [4.78, 5) is 22.8. The molecule has 0 saturated carbocycles. The number of hydrogen-bond acceptors (Lipinski definition) is 6. The van der Waals surface area contributed by atoms with Crippen LogP contribution in [0.3, 0.4) is 0 Å². The zero-order chi connectivity index (χ0) is 14.1. The number of hydrogen-bond donors (Lipinski definition) is 0. The molecule has 0 saturated heterocycles. The lowest BCUT2D eigenvalue weighted by molar-refractivity contribution is -0.150. The molecule has 6 heteroatoms. The fourth-order valence-corrected chi connectivity index (χ4v) is 0.780. The Balaban J connectivity index is 4.05. The van der Waals surface area contributed by atoms with Crippen LogP contribution in [-0.4, -0.2) is 51.6 Å². The molecule has 6 nitrogen and oxygen atoms in total. The second kappa shape index (κ2) is 8.66. The second-order valence-electron chi connectivity index (χ2n) is 3.77. The van der Waals surface area contributed by atoms with Crippen LogP contribution in [0.15, 0.2) is 12.2 Å². The molecule has 0 spiro atoms. The molecule has 0 rings (SSSR count). The van der Waals surface area contributed by atoms with Gasteiger partial charge in [0.05, 0.1) is 12.2 Å². The Hall–Kier alpha value is -1.40. The monoisotopic (exact) mass is 260 g/mol. The van der Waals surface area contributed by atoms with Gasteiger partial charge in [-0.15, -0.1) is 0 Å². The van der Waals surface area contributed by atoms with Crippen molar-refractivity contribution in [3.8, 4) is 0 Å². The smallest absolute Gasteiger partial charge is 0.345 e. The first-order valence-electron chi connectivity index (χ1n) is 5.51. The molecule has 0 fully saturated rings. The predicted molar refractivity (Wildman–Crippen MR) is 64.0 cm³/mol. The zero-order valence-corrected chi connectivity index (χ0v) is 11.2. The fourth-order valence-electron chi connectivity index (χ4n) is 0.780. The van der Waals surface area contributed by atoms with Crippen molar-refractivity contribution >= 4 is 11.9 Å². The van der Waals surface area contributed by atoms with Gasteiger partial charge in [-0.05, 0) is 13.8 Å². The first-order valence-corrected chi connectivity index (χ1v) is 5.51. The maximum absolute atomic E-state index is 11.4. The highest BCUT2D eigenvalue weighted by molar-refractivity contribution is 6.13. The minimum absolute atomic E-state index is 0.0517. The topological polar surface area (TPSA) is 71.1 Å². The van der Waals surface area contributed by atoms with Crippen molar-refractivity contribution in [2.75, 3.05) is 27.4 Å². The summed E-state index contributed by atoms with van der Waals surface area (Å²) in [6.07, 6.45) is -0.488. The van der Waals surface area contributed by atoms with E-state index in [-0.39, 0.29) is 31.0 Å². The van der Waals surface area contributed by atoms with Gasteiger partial charge in [-0.1, -0.05) is 6.58 Å². The number of carbonyl (C=O) groups excluding carboxylic acids is 2. The molecule has 18 heavy (non-hydrogen) atoms. The van der Waals surface area contributed by atoms with Gasteiger partial charge >= 0.3 is 11.9 Å². The summed E-state index contributed by atoms with van der Waals surface area (Å²) < 4.78 is 19.4. The second-order valence-corrected chi connectivity index (χ2v) is 3.77. The van der Waals surface area contributed by atoms with Crippen molar-refractivity contribution in [3.63, 3.8) is 0 Å². The summed E-state index contributed by atoms with van der Waals surface area (Å²) in [5.74, 6) is -1.62. The van der Waals surface area contributed by atoms with Crippen molar-refractivity contribution in [2.24, 2.45) is 0 Å².